The third-order valence-electron chi connectivity index (χ3n) is 3.41. The number of carbonyl (C=O) groups excluding carboxylic acids is 1. The van der Waals surface area contributed by atoms with Crippen molar-refractivity contribution in [3.05, 3.63) is 39.6 Å². The second-order valence-corrected chi connectivity index (χ2v) is 6.81. The molecule has 6 heteroatoms. The van der Waals surface area contributed by atoms with Crippen molar-refractivity contribution in [1.29, 1.82) is 0 Å². The predicted molar refractivity (Wildman–Crippen MR) is 89.7 cm³/mol. The van der Waals surface area contributed by atoms with Crippen molar-refractivity contribution in [3.63, 3.8) is 0 Å². The third-order valence-corrected chi connectivity index (χ3v) is 4.49. The van der Waals surface area contributed by atoms with Crippen LogP contribution in [0.3, 0.4) is 0 Å². The van der Waals surface area contributed by atoms with E-state index in [0.29, 0.717) is 10.8 Å². The molecule has 5 nitrogen and oxygen atoms in total. The number of nitrogens with zero attached hydrogens (tertiary/aromatic N) is 2. The van der Waals surface area contributed by atoms with Crippen LogP contribution in [0.25, 0.3) is 11.0 Å². The van der Waals surface area contributed by atoms with Crippen LogP contribution in [0.4, 0.5) is 5.69 Å². The number of imidazole rings is 1. The first-order valence-electron chi connectivity index (χ1n) is 7.19. The molecule has 114 valence electrons. The van der Waals surface area contributed by atoms with Crippen molar-refractivity contribution < 1.29 is 4.79 Å². The highest BCUT2D eigenvalue weighted by Crippen LogP contribution is 2.22. The van der Waals surface area contributed by atoms with Crippen LogP contribution in [0, 0.1) is 13.8 Å². The number of H-pyrrole nitrogens is 1. The Bertz CT molecular complexity index is 847. The Morgan fingerprint density at radius 1 is 1.27 bits per heavy atom. The summed E-state index contributed by atoms with van der Waals surface area (Å²) < 4.78 is 0. The molecule has 0 radical (unpaired) electrons. The molecule has 0 fully saturated rings. The van der Waals surface area contributed by atoms with Gasteiger partial charge < -0.3 is 10.3 Å². The monoisotopic (exact) mass is 314 g/mol. The zero-order valence-corrected chi connectivity index (χ0v) is 13.8. The third kappa shape index (κ3) is 2.74. The molecule has 0 aliphatic carbocycles. The van der Waals surface area contributed by atoms with E-state index in [4.69, 9.17) is 0 Å². The molecule has 2 N–H and O–H groups in total. The largest absolute Gasteiger partial charge is 0.342 e. The first-order chi connectivity index (χ1) is 10.4. The van der Waals surface area contributed by atoms with Gasteiger partial charge in [-0.05, 0) is 32.0 Å². The second kappa shape index (κ2) is 5.53. The van der Waals surface area contributed by atoms with Crippen LogP contribution >= 0.6 is 11.3 Å². The second-order valence-electron chi connectivity index (χ2n) is 5.61. The molecule has 0 bridgehead atoms. The van der Waals surface area contributed by atoms with E-state index in [1.165, 1.54) is 11.3 Å². The van der Waals surface area contributed by atoms with Gasteiger partial charge >= 0.3 is 0 Å². The van der Waals surface area contributed by atoms with Gasteiger partial charge in [0.25, 0.3) is 5.91 Å². The van der Waals surface area contributed by atoms with E-state index < -0.39 is 0 Å². The maximum absolute atomic E-state index is 12.3. The summed E-state index contributed by atoms with van der Waals surface area (Å²) in [5, 5.41) is 3.82. The number of hydrogen-bond donors (Lipinski definition) is 2. The number of fused-ring (bicyclic) bond motifs is 1. The van der Waals surface area contributed by atoms with Crippen molar-refractivity contribution >= 4 is 34.0 Å². The van der Waals surface area contributed by atoms with Gasteiger partial charge in [0.2, 0.25) is 0 Å². The number of rotatable bonds is 3. The zero-order valence-electron chi connectivity index (χ0n) is 13.0. The van der Waals surface area contributed by atoms with E-state index in [9.17, 15) is 4.79 Å². The lowest BCUT2D eigenvalue weighted by atomic mass is 10.2. The maximum atomic E-state index is 12.3. The number of hydrogen-bond acceptors (Lipinski definition) is 4. The van der Waals surface area contributed by atoms with E-state index in [0.717, 1.165) is 33.2 Å². The molecule has 22 heavy (non-hydrogen) atoms. The normalized spacial score (nSPS) is 11.3. The Balaban J connectivity index is 1.87. The van der Waals surface area contributed by atoms with E-state index in [2.05, 4.69) is 34.1 Å². The summed E-state index contributed by atoms with van der Waals surface area (Å²) in [5.41, 5.74) is 3.36. The predicted octanol–water partition coefficient (Wildman–Crippen LogP) is 4.01. The van der Waals surface area contributed by atoms with Crippen molar-refractivity contribution in [2.75, 3.05) is 5.32 Å². The van der Waals surface area contributed by atoms with E-state index >= 15 is 0 Å². The summed E-state index contributed by atoms with van der Waals surface area (Å²) >= 11 is 1.41. The van der Waals surface area contributed by atoms with Gasteiger partial charge in [-0.2, -0.15) is 0 Å². The average molecular weight is 314 g/mol. The first-order valence-corrected chi connectivity index (χ1v) is 8.00. The van der Waals surface area contributed by atoms with Crippen LogP contribution in [-0.4, -0.2) is 20.9 Å². The minimum Gasteiger partial charge on any atom is -0.342 e. The lowest BCUT2D eigenvalue weighted by Gasteiger charge is -2.03. The number of nitrogens with one attached hydrogen (secondary N) is 2. The van der Waals surface area contributed by atoms with E-state index in [-0.39, 0.29) is 5.91 Å². The number of anilines is 1. The molecule has 0 saturated carbocycles. The van der Waals surface area contributed by atoms with Gasteiger partial charge in [0.15, 0.2) is 0 Å². The van der Waals surface area contributed by atoms with Crippen molar-refractivity contribution in [3.8, 4) is 0 Å². The van der Waals surface area contributed by atoms with Crippen LogP contribution < -0.4 is 5.32 Å². The van der Waals surface area contributed by atoms with Gasteiger partial charge in [0.05, 0.1) is 21.7 Å². The highest BCUT2D eigenvalue weighted by molar-refractivity contribution is 7.13. The Labute approximate surface area is 132 Å². The van der Waals surface area contributed by atoms with Crippen LogP contribution in [0.15, 0.2) is 18.2 Å². The first kappa shape index (κ1) is 14.7. The van der Waals surface area contributed by atoms with E-state index in [1.54, 1.807) is 0 Å². The zero-order chi connectivity index (χ0) is 15.9. The highest BCUT2D eigenvalue weighted by atomic mass is 32.1. The summed E-state index contributed by atoms with van der Waals surface area (Å²) in [7, 11) is 0. The standard InChI is InChI=1S/C16H18N4OS/c1-8(2)15-19-12-6-5-11(7-13(12)20-15)18-16(21)14-9(3)17-10(4)22-14/h5-8H,1-4H3,(H,18,21)(H,19,20). The number of carbonyl (C=O) groups is 1. The van der Waals surface area contributed by atoms with E-state index in [1.807, 2.05) is 32.0 Å². The summed E-state index contributed by atoms with van der Waals surface area (Å²) in [6.07, 6.45) is 0. The fourth-order valence-electron chi connectivity index (χ4n) is 2.31. The van der Waals surface area contributed by atoms with Crippen LogP contribution in [-0.2, 0) is 0 Å². The van der Waals surface area contributed by atoms with Gasteiger partial charge in [0, 0.05) is 11.6 Å². The Hall–Kier alpha value is -2.21. The molecular formula is C16H18N4OS. The smallest absolute Gasteiger partial charge is 0.267 e. The highest BCUT2D eigenvalue weighted by Gasteiger charge is 2.14. The molecule has 1 aromatic carbocycles. The van der Waals surface area contributed by atoms with Gasteiger partial charge in [-0.15, -0.1) is 11.3 Å². The topological polar surface area (TPSA) is 70.7 Å². The number of amides is 1. The molecule has 0 aliphatic rings. The Morgan fingerprint density at radius 3 is 2.68 bits per heavy atom. The summed E-state index contributed by atoms with van der Waals surface area (Å²) in [5.74, 6) is 1.17. The van der Waals surface area contributed by atoms with Gasteiger partial charge in [-0.3, -0.25) is 4.79 Å². The molecule has 3 rings (SSSR count). The lowest BCUT2D eigenvalue weighted by Crippen LogP contribution is -2.11. The number of benzene rings is 1. The van der Waals surface area contributed by atoms with Crippen LogP contribution in [0.5, 0.6) is 0 Å². The number of aryl methyl sites for hydroxylation is 2. The number of aromatic amines is 1. The fourth-order valence-corrected chi connectivity index (χ4v) is 3.13. The average Bonchev–Trinajstić information content (AvgIpc) is 3.01. The SMILES string of the molecule is Cc1nc(C)c(C(=O)Nc2ccc3nc(C(C)C)[nH]c3c2)s1. The van der Waals surface area contributed by atoms with Crippen molar-refractivity contribution in [2.24, 2.45) is 0 Å². The molecule has 0 aliphatic heterocycles. The quantitative estimate of drug-likeness (QED) is 0.767. The Morgan fingerprint density at radius 2 is 2.05 bits per heavy atom. The summed E-state index contributed by atoms with van der Waals surface area (Å²) in [6, 6.07) is 5.70. The Kier molecular flexibility index (Phi) is 3.70. The van der Waals surface area contributed by atoms with Gasteiger partial charge in [-0.1, -0.05) is 13.8 Å². The van der Waals surface area contributed by atoms with Crippen molar-refractivity contribution in [1.82, 2.24) is 15.0 Å². The van der Waals surface area contributed by atoms with Crippen LogP contribution in [0.2, 0.25) is 0 Å². The summed E-state index contributed by atoms with van der Waals surface area (Å²) in [4.78, 5) is 25.1. The molecule has 0 spiro atoms. The summed E-state index contributed by atoms with van der Waals surface area (Å²) in [6.45, 7) is 7.94. The molecule has 0 saturated heterocycles. The molecule has 0 atom stereocenters. The number of aromatic nitrogens is 3. The molecule has 0 unspecified atom stereocenters. The van der Waals surface area contributed by atoms with Gasteiger partial charge in [-0.25, -0.2) is 9.97 Å². The molecule has 2 aromatic heterocycles. The maximum Gasteiger partial charge on any atom is 0.267 e. The van der Waals surface area contributed by atoms with Gasteiger partial charge in [0.1, 0.15) is 10.7 Å². The molecule has 1 amide bonds. The molecular weight excluding hydrogens is 296 g/mol. The lowest BCUT2D eigenvalue weighted by molar-refractivity contribution is 0.103. The fraction of sp³-hybridized carbons (Fsp3) is 0.312. The van der Waals surface area contributed by atoms with Crippen molar-refractivity contribution in [2.45, 2.75) is 33.6 Å². The molecule has 3 aromatic rings. The molecule has 2 heterocycles. The minimum atomic E-state index is -0.119. The number of thiazole rings is 1. The minimum absolute atomic E-state index is 0.119. The van der Waals surface area contributed by atoms with Crippen LogP contribution in [0.1, 0.15) is 46.0 Å².